The number of nitrogens with zero attached hydrogens (tertiary/aromatic N) is 1. The molecule has 1 aliphatic rings. The van der Waals surface area contributed by atoms with Gasteiger partial charge in [0.2, 0.25) is 0 Å². The lowest BCUT2D eigenvalue weighted by molar-refractivity contribution is 0.0682. The van der Waals surface area contributed by atoms with Crippen LogP contribution in [0.4, 0.5) is 0 Å². The summed E-state index contributed by atoms with van der Waals surface area (Å²) in [4.78, 5) is 1.93. The minimum atomic E-state index is -0.0568. The van der Waals surface area contributed by atoms with Crippen LogP contribution < -0.4 is 0 Å². The minimum Gasteiger partial charge on any atom is -0.472 e. The predicted octanol–water partition coefficient (Wildman–Crippen LogP) is 2.68. The fourth-order valence-corrected chi connectivity index (χ4v) is 1.54. The monoisotopic (exact) mass is 195 g/mol. The van der Waals surface area contributed by atoms with Crippen molar-refractivity contribution in [2.45, 2.75) is 6.23 Å². The largest absolute Gasteiger partial charge is 0.472 e. The molecule has 1 unspecified atom stereocenters. The van der Waals surface area contributed by atoms with Gasteiger partial charge in [-0.3, -0.25) is 0 Å². The van der Waals surface area contributed by atoms with E-state index in [4.69, 9.17) is 16.3 Å². The highest BCUT2D eigenvalue weighted by Crippen LogP contribution is 2.27. The van der Waals surface area contributed by atoms with E-state index in [1.54, 1.807) is 6.26 Å². The normalized spacial score (nSPS) is 20.4. The quantitative estimate of drug-likeness (QED) is 0.532. The molecule has 1 aliphatic heterocycles. The third kappa shape index (κ3) is 1.63. The van der Waals surface area contributed by atoms with Crippen molar-refractivity contribution in [2.24, 2.45) is 0 Å². The Morgan fingerprint density at radius 1 is 1.31 bits per heavy atom. The Bertz CT molecular complexity index is 299. The molecular weight excluding hydrogens is 186 g/mol. The summed E-state index contributed by atoms with van der Waals surface area (Å²) >= 11 is 5.75. The molecule has 0 saturated heterocycles. The Morgan fingerprint density at radius 2 is 2.08 bits per heavy atom. The molecule has 2 nitrogen and oxygen atoms in total. The third-order valence-electron chi connectivity index (χ3n) is 1.98. The predicted molar refractivity (Wildman–Crippen MR) is 52.0 cm³/mol. The maximum Gasteiger partial charge on any atom is 0.198 e. The molecule has 0 N–H and O–H groups in total. The van der Waals surface area contributed by atoms with Crippen LogP contribution in [0.1, 0.15) is 11.8 Å². The first-order chi connectivity index (χ1) is 6.42. The lowest BCUT2D eigenvalue weighted by Crippen LogP contribution is -2.18. The zero-order valence-electron chi connectivity index (χ0n) is 7.06. The van der Waals surface area contributed by atoms with Crippen LogP contribution >= 0.6 is 11.6 Å². The molecule has 13 heavy (non-hydrogen) atoms. The molecule has 68 valence electrons. The van der Waals surface area contributed by atoms with E-state index in [2.05, 4.69) is 0 Å². The highest BCUT2D eigenvalue weighted by Gasteiger charge is 2.20. The van der Waals surface area contributed by atoms with Crippen molar-refractivity contribution in [3.8, 4) is 0 Å². The van der Waals surface area contributed by atoms with Gasteiger partial charge in [0, 0.05) is 11.8 Å². The lowest BCUT2D eigenvalue weighted by Gasteiger charge is -2.21. The van der Waals surface area contributed by atoms with E-state index in [1.807, 2.05) is 41.4 Å². The molecule has 1 heterocycles. The van der Waals surface area contributed by atoms with Gasteiger partial charge < -0.3 is 9.64 Å². The zero-order chi connectivity index (χ0) is 9.10. The van der Waals surface area contributed by atoms with Crippen LogP contribution in [0.3, 0.4) is 0 Å². The van der Waals surface area contributed by atoms with Gasteiger partial charge in [-0.25, -0.2) is 0 Å². The third-order valence-corrected chi connectivity index (χ3v) is 2.26. The second kappa shape index (κ2) is 3.71. The summed E-state index contributed by atoms with van der Waals surface area (Å²) in [6.45, 7) is 0. The van der Waals surface area contributed by atoms with Crippen molar-refractivity contribution in [1.29, 1.82) is 0 Å². The van der Waals surface area contributed by atoms with E-state index in [1.165, 1.54) is 0 Å². The topological polar surface area (TPSA) is 12.5 Å². The Balaban J connectivity index is 2.18. The van der Waals surface area contributed by atoms with Crippen LogP contribution in [0, 0.1) is 0 Å². The number of alkyl halides is 1. The van der Waals surface area contributed by atoms with Gasteiger partial charge in [-0.05, 0) is 0 Å². The first kappa shape index (κ1) is 8.45. The fraction of sp³-hybridized carbons (Fsp3) is 0.200. The molecule has 0 fully saturated rings. The van der Waals surface area contributed by atoms with Crippen LogP contribution in [0.2, 0.25) is 0 Å². The first-order valence-corrected chi connectivity index (χ1v) is 4.64. The highest BCUT2D eigenvalue weighted by atomic mass is 35.5. The van der Waals surface area contributed by atoms with Crippen LogP contribution in [-0.2, 0) is 4.74 Å². The Labute approximate surface area is 82.4 Å². The SMILES string of the molecule is ClCN1C=COC1c1ccccc1. The van der Waals surface area contributed by atoms with Crippen LogP contribution in [0.25, 0.3) is 0 Å². The number of rotatable bonds is 2. The average molecular weight is 196 g/mol. The van der Waals surface area contributed by atoms with Gasteiger partial charge >= 0.3 is 0 Å². The minimum absolute atomic E-state index is 0.0568. The number of benzene rings is 1. The van der Waals surface area contributed by atoms with Crippen LogP contribution in [0.15, 0.2) is 42.8 Å². The number of hydrogen-bond acceptors (Lipinski definition) is 2. The van der Waals surface area contributed by atoms with E-state index in [9.17, 15) is 0 Å². The summed E-state index contributed by atoms with van der Waals surface area (Å²) in [5.41, 5.74) is 1.12. The van der Waals surface area contributed by atoms with Gasteiger partial charge in [0.15, 0.2) is 6.23 Å². The summed E-state index contributed by atoms with van der Waals surface area (Å²) in [6.07, 6.45) is 3.46. The molecule has 0 spiro atoms. The molecule has 3 heteroatoms. The summed E-state index contributed by atoms with van der Waals surface area (Å²) in [5.74, 6) is 0. The van der Waals surface area contributed by atoms with Crippen molar-refractivity contribution in [3.63, 3.8) is 0 Å². The summed E-state index contributed by atoms with van der Waals surface area (Å²) in [7, 11) is 0. The van der Waals surface area contributed by atoms with Gasteiger partial charge in [-0.1, -0.05) is 30.3 Å². The molecular formula is C10H10ClNO. The molecule has 0 bridgehead atoms. The second-order valence-electron chi connectivity index (χ2n) is 2.82. The number of hydrogen-bond donors (Lipinski definition) is 0. The molecule has 1 atom stereocenters. The number of ether oxygens (including phenoxy) is 1. The van der Waals surface area contributed by atoms with Gasteiger partial charge in [-0.15, -0.1) is 11.6 Å². The molecule has 0 aliphatic carbocycles. The Morgan fingerprint density at radius 3 is 2.77 bits per heavy atom. The summed E-state index contributed by atoms with van der Waals surface area (Å²) in [6, 6.07) is 10.5. The van der Waals surface area contributed by atoms with E-state index in [0.717, 1.165) is 5.56 Å². The molecule has 0 amide bonds. The van der Waals surface area contributed by atoms with Crippen LogP contribution in [-0.4, -0.2) is 10.9 Å². The van der Waals surface area contributed by atoms with E-state index in [-0.39, 0.29) is 6.23 Å². The number of halogens is 1. The van der Waals surface area contributed by atoms with E-state index < -0.39 is 0 Å². The van der Waals surface area contributed by atoms with Gasteiger partial charge in [0.05, 0.1) is 6.00 Å². The maximum absolute atomic E-state index is 5.75. The summed E-state index contributed by atoms with van der Waals surface area (Å²) < 4.78 is 5.40. The second-order valence-corrected chi connectivity index (χ2v) is 3.06. The molecule has 2 rings (SSSR count). The molecule has 1 aromatic carbocycles. The molecule has 0 radical (unpaired) electrons. The first-order valence-electron chi connectivity index (χ1n) is 4.10. The van der Waals surface area contributed by atoms with Gasteiger partial charge in [-0.2, -0.15) is 0 Å². The van der Waals surface area contributed by atoms with Crippen molar-refractivity contribution in [1.82, 2.24) is 4.90 Å². The van der Waals surface area contributed by atoms with E-state index >= 15 is 0 Å². The Kier molecular flexibility index (Phi) is 2.41. The standard InChI is InChI=1S/C10H10ClNO/c11-8-12-6-7-13-10(12)9-4-2-1-3-5-9/h1-7,10H,8H2. The lowest BCUT2D eigenvalue weighted by atomic mass is 10.2. The Hall–Kier alpha value is -1.15. The zero-order valence-corrected chi connectivity index (χ0v) is 7.82. The fourth-order valence-electron chi connectivity index (χ4n) is 1.33. The molecule has 0 aromatic heterocycles. The smallest absolute Gasteiger partial charge is 0.198 e. The van der Waals surface area contributed by atoms with E-state index in [0.29, 0.717) is 6.00 Å². The highest BCUT2D eigenvalue weighted by molar-refractivity contribution is 6.17. The van der Waals surface area contributed by atoms with Crippen molar-refractivity contribution >= 4 is 11.6 Å². The molecule has 1 aromatic rings. The van der Waals surface area contributed by atoms with Gasteiger partial charge in [0.25, 0.3) is 0 Å². The maximum atomic E-state index is 5.75. The molecule has 0 saturated carbocycles. The summed E-state index contributed by atoms with van der Waals surface area (Å²) in [5, 5.41) is 0. The van der Waals surface area contributed by atoms with Crippen LogP contribution in [0.5, 0.6) is 0 Å². The van der Waals surface area contributed by atoms with Crippen molar-refractivity contribution < 1.29 is 4.74 Å². The average Bonchev–Trinajstić information content (AvgIpc) is 2.67. The van der Waals surface area contributed by atoms with Crippen molar-refractivity contribution in [2.75, 3.05) is 6.00 Å². The van der Waals surface area contributed by atoms with Crippen molar-refractivity contribution in [3.05, 3.63) is 48.4 Å². The van der Waals surface area contributed by atoms with Gasteiger partial charge in [0.1, 0.15) is 6.26 Å².